The molecule has 0 bridgehead atoms. The Morgan fingerprint density at radius 2 is 1.59 bits per heavy atom. The largest absolute Gasteiger partial charge is 0.107 e. The molecule has 0 aromatic heterocycles. The van der Waals surface area contributed by atoms with E-state index >= 15 is 0 Å². The molecule has 3 rings (SSSR count). The van der Waals surface area contributed by atoms with E-state index in [0.29, 0.717) is 0 Å². The molecule has 2 aromatic carbocycles. The van der Waals surface area contributed by atoms with Gasteiger partial charge in [0.2, 0.25) is 0 Å². The van der Waals surface area contributed by atoms with Crippen LogP contribution in [0.25, 0.3) is 11.1 Å². The molecule has 1 aliphatic rings. The summed E-state index contributed by atoms with van der Waals surface area (Å²) in [5.41, 5.74) is 5.18. The third-order valence-corrected chi connectivity index (χ3v) is 7.45. The zero-order valence-electron chi connectivity index (χ0n) is 10.7. The molecule has 0 spiro atoms. The maximum Gasteiger partial charge on any atom is 0.107 e. The maximum absolute atomic E-state index is 2.42. The molecule has 0 N–H and O–H groups in total. The van der Waals surface area contributed by atoms with Gasteiger partial charge in [-0.05, 0) is 34.0 Å². The van der Waals surface area contributed by atoms with Crippen LogP contribution in [0, 0.1) is 6.92 Å². The van der Waals surface area contributed by atoms with Crippen molar-refractivity contribution in [2.45, 2.75) is 26.3 Å². The molecule has 2 aromatic rings. The predicted octanol–water partition coefficient (Wildman–Crippen LogP) is 2.73. The van der Waals surface area contributed by atoms with Gasteiger partial charge in [-0.15, -0.1) is 0 Å². The predicted molar refractivity (Wildman–Crippen MR) is 78.1 cm³/mol. The first-order chi connectivity index (χ1) is 8.18. The first kappa shape index (κ1) is 10.8. The summed E-state index contributed by atoms with van der Waals surface area (Å²) in [6.45, 7) is 6.96. The molecular formula is C16H18Si. The molecule has 1 atom stereocenters. The van der Waals surface area contributed by atoms with Gasteiger partial charge in [0.15, 0.2) is 0 Å². The Morgan fingerprint density at radius 1 is 0.882 bits per heavy atom. The van der Waals surface area contributed by atoms with Crippen molar-refractivity contribution in [1.29, 1.82) is 0 Å². The molecule has 1 heteroatoms. The minimum absolute atomic E-state index is 0.791. The lowest BCUT2D eigenvalue weighted by Crippen LogP contribution is -2.40. The lowest BCUT2D eigenvalue weighted by molar-refractivity contribution is 1.06. The third kappa shape index (κ3) is 1.57. The fourth-order valence-electron chi connectivity index (χ4n) is 3.08. The Bertz CT molecular complexity index is 569. The molecule has 0 aliphatic carbocycles. The molecule has 0 radical (unpaired) electrons. The minimum Gasteiger partial charge on any atom is -0.0648 e. The second-order valence-electron chi connectivity index (χ2n) is 5.40. The number of aryl methyl sites for hydroxylation is 1. The second-order valence-corrected chi connectivity index (χ2v) is 8.93. The van der Waals surface area contributed by atoms with Gasteiger partial charge in [-0.2, -0.15) is 0 Å². The van der Waals surface area contributed by atoms with Gasteiger partial charge in [-0.3, -0.25) is 0 Å². The molecule has 17 heavy (non-hydrogen) atoms. The molecular weight excluding hydrogens is 220 g/mol. The van der Waals surface area contributed by atoms with Crippen LogP contribution in [0.1, 0.15) is 19.4 Å². The number of benzene rings is 2. The Hall–Kier alpha value is -1.34. The first-order valence-corrected chi connectivity index (χ1v) is 8.20. The van der Waals surface area contributed by atoms with Crippen molar-refractivity contribution >= 4 is 19.2 Å². The topological polar surface area (TPSA) is 0 Å². The number of hydrogen-bond donors (Lipinski definition) is 0. The van der Waals surface area contributed by atoms with Crippen LogP contribution in [-0.2, 0) is 0 Å². The van der Waals surface area contributed by atoms with Gasteiger partial charge in [0, 0.05) is 0 Å². The van der Waals surface area contributed by atoms with Crippen LogP contribution in [-0.4, -0.2) is 8.80 Å². The molecule has 1 heterocycles. The van der Waals surface area contributed by atoms with Gasteiger partial charge in [0.05, 0.1) is 0 Å². The third-order valence-electron chi connectivity index (χ3n) is 3.79. The van der Waals surface area contributed by atoms with E-state index in [9.17, 15) is 0 Å². The average molecular weight is 238 g/mol. The van der Waals surface area contributed by atoms with Gasteiger partial charge in [-0.25, -0.2) is 0 Å². The summed E-state index contributed by atoms with van der Waals surface area (Å²) in [5, 5.41) is 3.30. The number of fused-ring (bicyclic) bond motifs is 3. The highest BCUT2D eigenvalue weighted by Crippen LogP contribution is 2.27. The van der Waals surface area contributed by atoms with E-state index in [0.717, 1.165) is 5.54 Å². The normalized spacial score (nSPS) is 17.1. The summed E-state index contributed by atoms with van der Waals surface area (Å²) in [4.78, 5) is 0. The van der Waals surface area contributed by atoms with Crippen molar-refractivity contribution in [3.63, 3.8) is 0 Å². The second kappa shape index (κ2) is 3.85. The van der Waals surface area contributed by atoms with Crippen LogP contribution >= 0.6 is 0 Å². The summed E-state index contributed by atoms with van der Waals surface area (Å²) in [6.07, 6.45) is 0. The zero-order chi connectivity index (χ0) is 12.0. The molecule has 86 valence electrons. The summed E-state index contributed by atoms with van der Waals surface area (Å²) >= 11 is 0. The summed E-state index contributed by atoms with van der Waals surface area (Å²) in [6, 6.07) is 16.0. The quantitative estimate of drug-likeness (QED) is 0.670. The van der Waals surface area contributed by atoms with Crippen LogP contribution in [0.4, 0.5) is 0 Å². The summed E-state index contributed by atoms with van der Waals surface area (Å²) in [5.74, 6) is 0. The summed E-state index contributed by atoms with van der Waals surface area (Å²) < 4.78 is 0. The minimum atomic E-state index is -0.978. The standard InChI is InChI=1S/C16H18Si/c1-11(2)17-15-7-5-4-6-13(15)14-9-8-12(3)10-16(14)17/h4-11,17H,1-3H3/t17-/m1/s1. The summed E-state index contributed by atoms with van der Waals surface area (Å²) in [7, 11) is -0.978. The zero-order valence-corrected chi connectivity index (χ0v) is 11.9. The Morgan fingerprint density at radius 3 is 2.35 bits per heavy atom. The van der Waals surface area contributed by atoms with Gasteiger partial charge in [-0.1, -0.05) is 61.9 Å². The van der Waals surface area contributed by atoms with Crippen molar-refractivity contribution in [2.24, 2.45) is 0 Å². The van der Waals surface area contributed by atoms with Crippen molar-refractivity contribution < 1.29 is 0 Å². The van der Waals surface area contributed by atoms with Crippen LogP contribution < -0.4 is 10.4 Å². The van der Waals surface area contributed by atoms with Crippen molar-refractivity contribution in [3.05, 3.63) is 48.0 Å². The van der Waals surface area contributed by atoms with E-state index in [2.05, 4.69) is 63.2 Å². The average Bonchev–Trinajstić information content (AvgIpc) is 2.62. The van der Waals surface area contributed by atoms with Gasteiger partial charge in [0.25, 0.3) is 0 Å². The van der Waals surface area contributed by atoms with Crippen LogP contribution in [0.3, 0.4) is 0 Å². The fourth-order valence-corrected chi connectivity index (χ4v) is 6.79. The van der Waals surface area contributed by atoms with Crippen LogP contribution in [0.2, 0.25) is 5.54 Å². The van der Waals surface area contributed by atoms with Crippen molar-refractivity contribution in [3.8, 4) is 11.1 Å². The molecule has 0 saturated heterocycles. The Balaban J connectivity index is 2.29. The molecule has 0 unspecified atom stereocenters. The van der Waals surface area contributed by atoms with Crippen molar-refractivity contribution in [2.75, 3.05) is 0 Å². The highest BCUT2D eigenvalue weighted by molar-refractivity contribution is 6.90. The smallest absolute Gasteiger partial charge is 0.0648 e. The highest BCUT2D eigenvalue weighted by Gasteiger charge is 2.31. The Labute approximate surface area is 105 Å². The van der Waals surface area contributed by atoms with Gasteiger partial charge in [0.1, 0.15) is 8.80 Å². The van der Waals surface area contributed by atoms with E-state index < -0.39 is 8.80 Å². The Kier molecular flexibility index (Phi) is 2.44. The molecule has 1 aliphatic heterocycles. The maximum atomic E-state index is 2.42. The van der Waals surface area contributed by atoms with Crippen LogP contribution in [0.15, 0.2) is 42.5 Å². The fraction of sp³-hybridized carbons (Fsp3) is 0.250. The van der Waals surface area contributed by atoms with Gasteiger partial charge < -0.3 is 0 Å². The first-order valence-electron chi connectivity index (χ1n) is 6.38. The molecule has 0 saturated carbocycles. The van der Waals surface area contributed by atoms with E-state index in [-0.39, 0.29) is 0 Å². The highest BCUT2D eigenvalue weighted by atomic mass is 28.3. The molecule has 0 fully saturated rings. The van der Waals surface area contributed by atoms with Crippen molar-refractivity contribution in [1.82, 2.24) is 0 Å². The van der Waals surface area contributed by atoms with E-state index in [1.807, 2.05) is 0 Å². The molecule has 0 amide bonds. The van der Waals surface area contributed by atoms with E-state index in [1.165, 1.54) is 16.7 Å². The number of hydrogen-bond acceptors (Lipinski definition) is 0. The lowest BCUT2D eigenvalue weighted by atomic mass is 10.0. The SMILES string of the molecule is Cc1ccc2c(c1)[Si@H](C(C)C)c1ccccc1-2. The monoisotopic (exact) mass is 238 g/mol. The van der Waals surface area contributed by atoms with E-state index in [1.54, 1.807) is 10.4 Å². The van der Waals surface area contributed by atoms with E-state index in [4.69, 9.17) is 0 Å². The number of rotatable bonds is 1. The van der Waals surface area contributed by atoms with Crippen LogP contribution in [0.5, 0.6) is 0 Å². The van der Waals surface area contributed by atoms with Gasteiger partial charge >= 0.3 is 0 Å². The lowest BCUT2D eigenvalue weighted by Gasteiger charge is -2.16. The molecule has 0 nitrogen and oxygen atoms in total.